The molecule has 0 saturated carbocycles. The molecule has 0 amide bonds. The second-order valence-electron chi connectivity index (χ2n) is 6.38. The van der Waals surface area contributed by atoms with Gasteiger partial charge < -0.3 is 10.1 Å². The van der Waals surface area contributed by atoms with Crippen molar-refractivity contribution in [2.75, 3.05) is 20.2 Å². The van der Waals surface area contributed by atoms with Crippen LogP contribution in [0, 0.1) is 0 Å². The third-order valence-corrected chi connectivity index (χ3v) is 4.51. The van der Waals surface area contributed by atoms with Gasteiger partial charge in [-0.05, 0) is 12.5 Å². The number of aromatic nitrogens is 2. The van der Waals surface area contributed by atoms with Crippen molar-refractivity contribution in [2.24, 2.45) is 7.05 Å². The number of benzene rings is 1. The summed E-state index contributed by atoms with van der Waals surface area (Å²) in [5.41, 5.74) is 2.25. The van der Waals surface area contributed by atoms with Gasteiger partial charge in [0.15, 0.2) is 0 Å². The van der Waals surface area contributed by atoms with Gasteiger partial charge in [-0.3, -0.25) is 9.58 Å². The zero-order valence-corrected chi connectivity index (χ0v) is 14.3. The Hall–Kier alpha value is -1.92. The first-order valence-electron chi connectivity index (χ1n) is 8.34. The Balaban J connectivity index is 1.54. The van der Waals surface area contributed by atoms with Crippen molar-refractivity contribution >= 4 is 0 Å². The third kappa shape index (κ3) is 4.13. The molecule has 0 unspecified atom stereocenters. The lowest BCUT2D eigenvalue weighted by atomic mass is 10.1. The number of rotatable bonds is 7. The Bertz CT molecular complexity index is 660. The molecule has 2 heterocycles. The van der Waals surface area contributed by atoms with Gasteiger partial charge in [0.1, 0.15) is 11.9 Å². The van der Waals surface area contributed by atoms with Crippen molar-refractivity contribution in [3.05, 3.63) is 47.8 Å². The van der Waals surface area contributed by atoms with Crippen molar-refractivity contribution in [3.8, 4) is 5.75 Å². The van der Waals surface area contributed by atoms with E-state index < -0.39 is 6.17 Å². The number of para-hydroxylation sites is 1. The van der Waals surface area contributed by atoms with Gasteiger partial charge in [-0.2, -0.15) is 5.10 Å². The summed E-state index contributed by atoms with van der Waals surface area (Å²) in [5, 5.41) is 7.64. The SMILES string of the molecule is COc1ccccc1CNC[C@@H]1C[C@H](F)CN1Cc1cnn(C)c1. The van der Waals surface area contributed by atoms with E-state index in [4.69, 9.17) is 4.74 Å². The number of hydrogen-bond donors (Lipinski definition) is 1. The Labute approximate surface area is 142 Å². The molecular weight excluding hydrogens is 307 g/mol. The lowest BCUT2D eigenvalue weighted by molar-refractivity contribution is 0.230. The Morgan fingerprint density at radius 2 is 2.21 bits per heavy atom. The first kappa shape index (κ1) is 16.9. The molecule has 5 nitrogen and oxygen atoms in total. The molecule has 0 aliphatic carbocycles. The van der Waals surface area contributed by atoms with Gasteiger partial charge in [0.05, 0.1) is 13.3 Å². The predicted octanol–water partition coefficient (Wildman–Crippen LogP) is 2.13. The molecule has 1 aliphatic rings. The van der Waals surface area contributed by atoms with Crippen LogP contribution >= 0.6 is 0 Å². The highest BCUT2D eigenvalue weighted by Crippen LogP contribution is 2.23. The zero-order chi connectivity index (χ0) is 16.9. The van der Waals surface area contributed by atoms with Gasteiger partial charge >= 0.3 is 0 Å². The van der Waals surface area contributed by atoms with Crippen molar-refractivity contribution < 1.29 is 9.13 Å². The van der Waals surface area contributed by atoms with E-state index in [0.717, 1.165) is 36.5 Å². The number of ether oxygens (including phenoxy) is 1. The minimum Gasteiger partial charge on any atom is -0.496 e. The maximum absolute atomic E-state index is 13.9. The van der Waals surface area contributed by atoms with E-state index in [-0.39, 0.29) is 6.04 Å². The molecule has 2 atom stereocenters. The van der Waals surface area contributed by atoms with Crippen LogP contribution < -0.4 is 10.1 Å². The molecule has 1 saturated heterocycles. The summed E-state index contributed by atoms with van der Waals surface area (Å²) in [7, 11) is 3.58. The van der Waals surface area contributed by atoms with Crippen LogP contribution in [-0.2, 0) is 20.1 Å². The Morgan fingerprint density at radius 1 is 1.38 bits per heavy atom. The Kier molecular flexibility index (Phi) is 5.48. The highest BCUT2D eigenvalue weighted by molar-refractivity contribution is 5.32. The first-order valence-corrected chi connectivity index (χ1v) is 8.34. The summed E-state index contributed by atoms with van der Waals surface area (Å²) < 4.78 is 21.0. The molecule has 1 aliphatic heterocycles. The molecule has 1 aromatic carbocycles. The number of halogens is 1. The van der Waals surface area contributed by atoms with Crippen molar-refractivity contribution in [3.63, 3.8) is 0 Å². The molecule has 1 N–H and O–H groups in total. The van der Waals surface area contributed by atoms with Gasteiger partial charge in [0.2, 0.25) is 0 Å². The van der Waals surface area contributed by atoms with Crippen LogP contribution in [0.3, 0.4) is 0 Å². The van der Waals surface area contributed by atoms with Crippen LogP contribution in [0.2, 0.25) is 0 Å². The predicted molar refractivity (Wildman–Crippen MR) is 91.6 cm³/mol. The second kappa shape index (κ2) is 7.77. The molecule has 0 radical (unpaired) electrons. The van der Waals surface area contributed by atoms with Crippen LogP contribution in [0.1, 0.15) is 17.5 Å². The van der Waals surface area contributed by atoms with E-state index in [1.54, 1.807) is 11.8 Å². The number of alkyl halides is 1. The average molecular weight is 332 g/mol. The lowest BCUT2D eigenvalue weighted by Crippen LogP contribution is -2.37. The molecular formula is C18H25FN4O. The fraction of sp³-hybridized carbons (Fsp3) is 0.500. The molecule has 1 fully saturated rings. The van der Waals surface area contributed by atoms with Gasteiger partial charge in [-0.15, -0.1) is 0 Å². The van der Waals surface area contributed by atoms with Crippen LogP contribution in [0.5, 0.6) is 5.75 Å². The number of methoxy groups -OCH3 is 1. The number of aryl methyl sites for hydroxylation is 1. The molecule has 6 heteroatoms. The number of likely N-dealkylation sites (tertiary alicyclic amines) is 1. The third-order valence-electron chi connectivity index (χ3n) is 4.51. The van der Waals surface area contributed by atoms with Crippen molar-refractivity contribution in [1.29, 1.82) is 0 Å². The van der Waals surface area contributed by atoms with Gasteiger partial charge in [-0.25, -0.2) is 4.39 Å². The van der Waals surface area contributed by atoms with E-state index in [1.165, 1.54) is 0 Å². The maximum Gasteiger partial charge on any atom is 0.123 e. The molecule has 130 valence electrons. The van der Waals surface area contributed by atoms with Gasteiger partial charge in [0.25, 0.3) is 0 Å². The quantitative estimate of drug-likeness (QED) is 0.843. The van der Waals surface area contributed by atoms with Crippen LogP contribution in [-0.4, -0.2) is 47.1 Å². The summed E-state index contributed by atoms with van der Waals surface area (Å²) in [6.45, 7) is 2.72. The van der Waals surface area contributed by atoms with Crippen LogP contribution in [0.4, 0.5) is 4.39 Å². The van der Waals surface area contributed by atoms with E-state index >= 15 is 0 Å². The number of nitrogens with one attached hydrogen (secondary N) is 1. The molecule has 0 bridgehead atoms. The first-order chi connectivity index (χ1) is 11.7. The monoisotopic (exact) mass is 332 g/mol. The molecule has 2 aromatic rings. The molecule has 1 aromatic heterocycles. The standard InChI is InChI=1S/C18H25FN4O/c1-22-11-14(8-21-22)12-23-13-16(19)7-17(23)10-20-9-15-5-3-4-6-18(15)24-2/h3-6,8,11,16-17,20H,7,9-10,12-13H2,1-2H3/t16-,17-/m0/s1. The molecule has 0 spiro atoms. The van der Waals surface area contributed by atoms with Crippen molar-refractivity contribution in [2.45, 2.75) is 31.7 Å². The topological polar surface area (TPSA) is 42.3 Å². The summed E-state index contributed by atoms with van der Waals surface area (Å²) >= 11 is 0. The highest BCUT2D eigenvalue weighted by atomic mass is 19.1. The largest absolute Gasteiger partial charge is 0.496 e. The summed E-state index contributed by atoms with van der Waals surface area (Å²) in [6.07, 6.45) is 3.68. The van der Waals surface area contributed by atoms with Crippen molar-refractivity contribution in [1.82, 2.24) is 20.0 Å². The number of hydrogen-bond acceptors (Lipinski definition) is 4. The molecule has 3 rings (SSSR count). The smallest absolute Gasteiger partial charge is 0.123 e. The van der Waals surface area contributed by atoms with Crippen LogP contribution in [0.25, 0.3) is 0 Å². The normalized spacial score (nSPS) is 21.3. The molecule has 24 heavy (non-hydrogen) atoms. The zero-order valence-electron chi connectivity index (χ0n) is 14.3. The average Bonchev–Trinajstić information content (AvgIpc) is 3.13. The summed E-state index contributed by atoms with van der Waals surface area (Å²) in [5.74, 6) is 0.881. The number of nitrogens with zero attached hydrogens (tertiary/aromatic N) is 3. The van der Waals surface area contributed by atoms with E-state index in [0.29, 0.717) is 13.0 Å². The van der Waals surface area contributed by atoms with Gasteiger partial charge in [-0.1, -0.05) is 18.2 Å². The highest BCUT2D eigenvalue weighted by Gasteiger charge is 2.31. The second-order valence-corrected chi connectivity index (χ2v) is 6.38. The Morgan fingerprint density at radius 3 is 2.96 bits per heavy atom. The summed E-state index contributed by atoms with van der Waals surface area (Å²) in [4.78, 5) is 2.21. The fourth-order valence-electron chi connectivity index (χ4n) is 3.34. The summed E-state index contributed by atoms with van der Waals surface area (Å²) in [6, 6.07) is 8.17. The fourth-order valence-corrected chi connectivity index (χ4v) is 3.34. The minimum absolute atomic E-state index is 0.204. The maximum atomic E-state index is 13.9. The van der Waals surface area contributed by atoms with E-state index in [1.807, 2.05) is 43.7 Å². The lowest BCUT2D eigenvalue weighted by Gasteiger charge is -2.24. The minimum atomic E-state index is -0.750. The van der Waals surface area contributed by atoms with Crippen LogP contribution in [0.15, 0.2) is 36.7 Å². The van der Waals surface area contributed by atoms with E-state index in [2.05, 4.69) is 15.3 Å². The van der Waals surface area contributed by atoms with E-state index in [9.17, 15) is 4.39 Å². The van der Waals surface area contributed by atoms with Gasteiger partial charge in [0, 0.05) is 56.6 Å².